The summed E-state index contributed by atoms with van der Waals surface area (Å²) in [4.78, 5) is 48.4. The second-order valence-corrected chi connectivity index (χ2v) is 29.3. The molecule has 20 aromatic rings. The summed E-state index contributed by atoms with van der Waals surface area (Å²) in [5.41, 5.74) is 18.4. The van der Waals surface area contributed by atoms with Crippen LogP contribution in [0.1, 0.15) is 27.0 Å². The van der Waals surface area contributed by atoms with Crippen molar-refractivity contribution in [3.05, 3.63) is 257 Å². The molecule has 13 N–H and O–H groups in total. The number of nitrogens with zero attached hydrogens (tertiary/aromatic N) is 12. The van der Waals surface area contributed by atoms with Crippen LogP contribution in [0.5, 0.6) is 5.75 Å². The van der Waals surface area contributed by atoms with Gasteiger partial charge in [-0.25, -0.2) is 24.7 Å². The second kappa shape index (κ2) is 31.4. The molecule has 0 aliphatic heterocycles. The van der Waals surface area contributed by atoms with Gasteiger partial charge in [0.2, 0.25) is 23.8 Å². The lowest BCUT2D eigenvalue weighted by molar-refractivity contribution is 0.0696. The average molecular weight is 1550 g/mol. The average Bonchev–Trinajstić information content (AvgIpc) is 1.62. The first-order chi connectivity index (χ1) is 54.8. The topological polar surface area (TPSA) is 361 Å². The monoisotopic (exact) mass is 1550 g/mol. The van der Waals surface area contributed by atoms with Gasteiger partial charge in [-0.05, 0) is 211 Å². The summed E-state index contributed by atoms with van der Waals surface area (Å²) >= 11 is 6.40. The number of carboxylic acid groups (broad SMARTS) is 1. The van der Waals surface area contributed by atoms with E-state index in [2.05, 4.69) is 165 Å². The van der Waals surface area contributed by atoms with Gasteiger partial charge in [0.1, 0.15) is 5.75 Å². The number of H-pyrrole nitrogens is 4. The summed E-state index contributed by atoms with van der Waals surface area (Å²) in [6.07, 6.45) is 7.20. The zero-order valence-corrected chi connectivity index (χ0v) is 63.0. The van der Waals surface area contributed by atoms with Crippen LogP contribution in [0.15, 0.2) is 234 Å². The van der Waals surface area contributed by atoms with E-state index in [1.54, 1.807) is 83.0 Å². The number of aromatic carboxylic acids is 1. The number of carbonyl (C=O) groups is 1. The van der Waals surface area contributed by atoms with Crippen molar-refractivity contribution >= 4 is 228 Å². The third-order valence-corrected chi connectivity index (χ3v) is 21.1. The maximum atomic E-state index is 11.2. The fraction of sp³-hybridized carbons (Fsp3) is 0.0494. The molecule has 0 radical (unpaired) electrons. The lowest BCUT2D eigenvalue weighted by Gasteiger charge is -2.11. The van der Waals surface area contributed by atoms with Crippen molar-refractivity contribution in [2.24, 2.45) is 0 Å². The summed E-state index contributed by atoms with van der Waals surface area (Å²) < 4.78 is 9.27. The van der Waals surface area contributed by atoms with E-state index in [0.29, 0.717) is 35.3 Å². The van der Waals surface area contributed by atoms with Gasteiger partial charge < -0.3 is 52.4 Å². The number of nitrogens with one attached hydrogen (secondary N) is 12. The molecule has 8 aromatic carbocycles. The number of aromatic amines is 4. The second-order valence-electron chi connectivity index (χ2n) is 25.7. The van der Waals surface area contributed by atoms with Crippen molar-refractivity contribution in [3.8, 4) is 5.75 Å². The minimum absolute atomic E-state index is 0.193. The molecule has 550 valence electrons. The molecule has 0 aliphatic carbocycles. The van der Waals surface area contributed by atoms with E-state index in [1.165, 1.54) is 22.8 Å². The van der Waals surface area contributed by atoms with Crippen molar-refractivity contribution in [1.82, 2.24) is 80.7 Å². The van der Waals surface area contributed by atoms with Gasteiger partial charge in [-0.2, -0.15) is 40.3 Å². The summed E-state index contributed by atoms with van der Waals surface area (Å²) in [5, 5.41) is 76.1. The molecule has 0 saturated carbocycles. The molecule has 0 fully saturated rings. The molecule has 0 saturated heterocycles. The number of aryl methyl sites for hydroxylation is 3. The Bertz CT molecular complexity index is 6800. The van der Waals surface area contributed by atoms with E-state index >= 15 is 0 Å². The molecule has 20 rings (SSSR count). The van der Waals surface area contributed by atoms with Crippen LogP contribution in [0.25, 0.3) is 84.5 Å². The van der Waals surface area contributed by atoms with Gasteiger partial charge in [-0.1, -0.05) is 30.3 Å². The SMILES string of the molecule is COc1cccc(Nc2nc(Nc3ccc4[nH]ncc4c3)c3sccc3n2)c1.Cc1cc(C)cc(Nc2nc(Nc3ccc4[nH]ncc4c3)c3sccc3n2)c1.Cc1cccc(Nc2nc(Nc3ccc4[nH]ncc4c3)c3sccc3n2)c1.O=C(O)c1cccc(Nc2nc(Nc3ccc4[nH]ncc4c3)c3sccc3n2)c1. The Kier molecular flexibility index (Phi) is 19.7. The maximum absolute atomic E-state index is 11.2. The van der Waals surface area contributed by atoms with Crippen molar-refractivity contribution in [3.63, 3.8) is 0 Å². The summed E-state index contributed by atoms with van der Waals surface area (Å²) in [7, 11) is 1.64. The minimum atomic E-state index is -0.986. The van der Waals surface area contributed by atoms with Gasteiger partial charge in [-0.3, -0.25) is 20.4 Å². The largest absolute Gasteiger partial charge is 0.497 e. The Morgan fingerprint density at radius 1 is 0.330 bits per heavy atom. The molecular weight excluding hydrogens is 1490 g/mol. The van der Waals surface area contributed by atoms with Crippen molar-refractivity contribution in [2.45, 2.75) is 20.8 Å². The Morgan fingerprint density at radius 3 is 1.01 bits per heavy atom. The highest BCUT2D eigenvalue weighted by Crippen LogP contribution is 2.37. The maximum Gasteiger partial charge on any atom is 0.335 e. The Labute approximate surface area is 652 Å². The highest BCUT2D eigenvalue weighted by atomic mass is 32.1. The third kappa shape index (κ3) is 16.2. The van der Waals surface area contributed by atoms with E-state index in [-0.39, 0.29) is 5.56 Å². The molecule has 27 nitrogen and oxygen atoms in total. The van der Waals surface area contributed by atoms with Crippen LogP contribution in [0.3, 0.4) is 0 Å². The number of hydrogen-bond acceptors (Lipinski definition) is 26. The lowest BCUT2D eigenvalue weighted by atomic mass is 10.1. The van der Waals surface area contributed by atoms with Crippen LogP contribution in [0.2, 0.25) is 0 Å². The lowest BCUT2D eigenvalue weighted by Crippen LogP contribution is -2.02. The molecule has 0 bridgehead atoms. The van der Waals surface area contributed by atoms with E-state index < -0.39 is 5.97 Å². The first-order valence-corrected chi connectivity index (χ1v) is 38.4. The number of benzene rings is 8. The quantitative estimate of drug-likeness (QED) is 0.0379. The molecule has 0 aliphatic rings. The summed E-state index contributed by atoms with van der Waals surface area (Å²) in [6.45, 7) is 6.23. The fourth-order valence-electron chi connectivity index (χ4n) is 12.4. The van der Waals surface area contributed by atoms with E-state index in [4.69, 9.17) is 19.7 Å². The molecule has 112 heavy (non-hydrogen) atoms. The number of anilines is 16. The number of carboxylic acids is 1. The fourth-order valence-corrected chi connectivity index (χ4v) is 15.5. The molecule has 31 heteroatoms. The molecule has 0 unspecified atom stereocenters. The van der Waals surface area contributed by atoms with Crippen LogP contribution >= 0.6 is 45.3 Å². The van der Waals surface area contributed by atoms with Crippen molar-refractivity contribution in [2.75, 3.05) is 49.6 Å². The highest BCUT2D eigenvalue weighted by Gasteiger charge is 2.17. The van der Waals surface area contributed by atoms with Gasteiger partial charge >= 0.3 is 5.97 Å². The Hall–Kier alpha value is -14.5. The summed E-state index contributed by atoms with van der Waals surface area (Å²) in [6, 6.07) is 60.7. The van der Waals surface area contributed by atoms with Crippen LogP contribution in [0.4, 0.5) is 92.6 Å². The van der Waals surface area contributed by atoms with E-state index in [1.807, 2.05) is 161 Å². The molecule has 12 aromatic heterocycles. The predicted octanol–water partition coefficient (Wildman–Crippen LogP) is 20.9. The molecule has 0 atom stereocenters. The first kappa shape index (κ1) is 70.5. The standard InChI is InChI=1S/C21H18N6S.C20H14N6O2S.C20H16N6OS.C20H16N6S/c1-12-7-13(2)9-16(8-12)24-21-25-18-5-6-28-19(18)20(26-21)23-15-3-4-17-14(10-15)11-22-27-17;27-19(28)11-2-1-3-13(8-11)23-20-24-16-6-7-29-17(16)18(25-20)22-14-4-5-15-12(9-14)10-21-26-15;1-27-15-4-2-3-13(10-15)23-20-24-17-7-8-28-18(17)19(25-20)22-14-5-6-16-12(9-14)11-21-26-16;1-12-3-2-4-14(9-12)23-20-24-17-7-8-27-18(17)19(25-20)22-15-5-6-16-13(10-15)11-21-26-16/h3-11H,1-2H3,(H,22,27)(H2,23,24,25,26);1-10H,(H,21,26)(H,27,28)(H2,22,23,24,25);2-11H,1H3,(H,21,26)(H2,22,23,24,25);2-11H,1H3,(H,21,26)(H2,22,23,24,25). The summed E-state index contributed by atoms with van der Waals surface area (Å²) in [5.74, 6) is 4.83. The van der Waals surface area contributed by atoms with Crippen LogP contribution < -0.4 is 47.3 Å². The normalized spacial score (nSPS) is 11.1. The number of ether oxygens (including phenoxy) is 1. The Morgan fingerprint density at radius 2 is 0.652 bits per heavy atom. The van der Waals surface area contributed by atoms with Crippen molar-refractivity contribution < 1.29 is 14.6 Å². The van der Waals surface area contributed by atoms with E-state index in [0.717, 1.165) is 147 Å². The number of fused-ring (bicyclic) bond motifs is 8. The zero-order valence-electron chi connectivity index (χ0n) is 59.8. The smallest absolute Gasteiger partial charge is 0.335 e. The van der Waals surface area contributed by atoms with E-state index in [9.17, 15) is 9.90 Å². The van der Waals surface area contributed by atoms with Crippen molar-refractivity contribution in [1.29, 1.82) is 0 Å². The zero-order chi connectivity index (χ0) is 76.0. The Balaban J connectivity index is 0.000000108. The van der Waals surface area contributed by atoms with Gasteiger partial charge in [0, 0.05) is 73.1 Å². The predicted molar refractivity (Wildman–Crippen MR) is 454 cm³/mol. The first-order valence-electron chi connectivity index (χ1n) is 34.8. The molecular formula is C81H64N24O3S4. The number of methoxy groups -OCH3 is 1. The number of hydrogen-bond donors (Lipinski definition) is 13. The van der Waals surface area contributed by atoms with Gasteiger partial charge in [-0.15, -0.1) is 45.3 Å². The molecule has 0 spiro atoms. The highest BCUT2D eigenvalue weighted by molar-refractivity contribution is 7.18. The third-order valence-electron chi connectivity index (χ3n) is 17.5. The van der Waals surface area contributed by atoms with Crippen LogP contribution in [-0.2, 0) is 0 Å². The minimum Gasteiger partial charge on any atom is -0.497 e. The molecule has 0 amide bonds. The van der Waals surface area contributed by atoms with Gasteiger partial charge in [0.05, 0.1) is 100 Å². The number of aromatic nitrogens is 16. The molecule has 12 heterocycles. The number of rotatable bonds is 18. The number of thiophene rings is 4. The van der Waals surface area contributed by atoms with Gasteiger partial charge in [0.15, 0.2) is 23.3 Å². The van der Waals surface area contributed by atoms with Crippen LogP contribution in [0, 0.1) is 20.8 Å². The van der Waals surface area contributed by atoms with Crippen LogP contribution in [-0.4, -0.2) is 98.8 Å². The van der Waals surface area contributed by atoms with Gasteiger partial charge in [0.25, 0.3) is 0 Å².